The van der Waals surface area contributed by atoms with Crippen molar-refractivity contribution in [2.75, 3.05) is 19.8 Å². The Morgan fingerprint density at radius 2 is 0.967 bits per heavy atom. The number of carbonyl (C=O) groups excluding carboxylic acids is 3. The van der Waals surface area contributed by atoms with Crippen LogP contribution in [0.4, 0.5) is 0 Å². The fraction of sp³-hybridized carbons (Fsp3) is 0.625. The van der Waals surface area contributed by atoms with E-state index in [9.17, 15) is 14.4 Å². The van der Waals surface area contributed by atoms with Gasteiger partial charge < -0.3 is 14.2 Å². The Morgan fingerprint density at radius 3 is 1.30 bits per heavy atom. The molecule has 0 spiro atoms. The van der Waals surface area contributed by atoms with Crippen molar-refractivity contribution < 1.29 is 28.6 Å². The number of esters is 3. The van der Waals surface area contributed by atoms with Gasteiger partial charge in [0.05, 0.1) is 36.5 Å². The van der Waals surface area contributed by atoms with E-state index in [1.165, 1.54) is 12.1 Å². The summed E-state index contributed by atoms with van der Waals surface area (Å²) in [5.74, 6) is -0.912. The van der Waals surface area contributed by atoms with E-state index in [2.05, 4.69) is 0 Å². The maximum Gasteiger partial charge on any atom is 0.339 e. The van der Waals surface area contributed by atoms with Gasteiger partial charge in [-0.25, -0.2) is 14.4 Å². The highest BCUT2D eigenvalue weighted by Crippen LogP contribution is 2.20. The van der Waals surface area contributed by atoms with Gasteiger partial charge in [-0.3, -0.25) is 0 Å². The molecule has 0 heterocycles. The molecule has 0 amide bonds. The van der Waals surface area contributed by atoms with Gasteiger partial charge >= 0.3 is 17.9 Å². The molecule has 0 aromatic heterocycles. The molecule has 1 aromatic carbocycles. The predicted octanol–water partition coefficient (Wildman–Crippen LogP) is 5.30. The molecule has 0 unspecified atom stereocenters. The maximum absolute atomic E-state index is 12.8. The number of ether oxygens (including phenoxy) is 3. The highest BCUT2D eigenvalue weighted by molar-refractivity contribution is 6.10. The third-order valence-corrected chi connectivity index (χ3v) is 4.49. The summed E-state index contributed by atoms with van der Waals surface area (Å²) in [4.78, 5) is 38.1. The van der Waals surface area contributed by atoms with Gasteiger partial charge in [-0.2, -0.15) is 0 Å². The summed E-state index contributed by atoms with van der Waals surface area (Å²) in [6, 6.07) is 4.49. The van der Waals surface area contributed by atoms with Crippen molar-refractivity contribution in [1.82, 2.24) is 0 Å². The molecular weight excluding hydrogens is 384 g/mol. The van der Waals surface area contributed by atoms with Crippen molar-refractivity contribution in [3.8, 4) is 0 Å². The van der Waals surface area contributed by atoms with Crippen molar-refractivity contribution in [2.45, 2.75) is 60.8 Å². The van der Waals surface area contributed by atoms with Crippen molar-refractivity contribution in [3.05, 3.63) is 34.9 Å². The summed E-state index contributed by atoms with van der Waals surface area (Å²) in [6.45, 7) is 12.8. The van der Waals surface area contributed by atoms with Crippen molar-refractivity contribution in [3.63, 3.8) is 0 Å². The van der Waals surface area contributed by atoms with Crippen LogP contribution in [0.1, 0.15) is 91.9 Å². The first-order valence-corrected chi connectivity index (χ1v) is 10.8. The van der Waals surface area contributed by atoms with Crippen LogP contribution in [0.5, 0.6) is 0 Å². The Balaban J connectivity index is 3.11. The molecule has 1 aromatic rings. The van der Waals surface area contributed by atoms with Crippen molar-refractivity contribution in [1.29, 1.82) is 0 Å². The van der Waals surface area contributed by atoms with Crippen molar-refractivity contribution in [2.24, 2.45) is 17.8 Å². The lowest BCUT2D eigenvalue weighted by atomic mass is 10.0. The number of rotatable bonds is 12. The van der Waals surface area contributed by atoms with Crippen LogP contribution in [-0.2, 0) is 14.2 Å². The average molecular weight is 421 g/mol. The lowest BCUT2D eigenvalue weighted by Crippen LogP contribution is -2.21. The van der Waals surface area contributed by atoms with Crippen LogP contribution in [-0.4, -0.2) is 37.7 Å². The number of hydrogen-bond donors (Lipinski definition) is 0. The molecule has 0 saturated heterocycles. The topological polar surface area (TPSA) is 78.9 Å². The third kappa shape index (κ3) is 8.97. The standard InChI is InChI=1S/C24H36O6/c1-16(2)10-13-28-22(25)19-8-7-9-20(23(26)29-14-11-17(3)4)21(19)24(27)30-15-12-18(5)6/h7-9,16-18H,10-15H2,1-6H3. The Morgan fingerprint density at radius 1 is 0.633 bits per heavy atom. The van der Waals surface area contributed by atoms with Crippen LogP contribution in [0.3, 0.4) is 0 Å². The zero-order valence-corrected chi connectivity index (χ0v) is 19.2. The van der Waals surface area contributed by atoms with E-state index in [-0.39, 0.29) is 36.5 Å². The molecule has 0 aliphatic carbocycles. The largest absolute Gasteiger partial charge is 0.462 e. The summed E-state index contributed by atoms with van der Waals surface area (Å²) >= 11 is 0. The second-order valence-corrected chi connectivity index (χ2v) is 8.68. The fourth-order valence-electron chi connectivity index (χ4n) is 2.50. The van der Waals surface area contributed by atoms with Crippen LogP contribution < -0.4 is 0 Å². The summed E-state index contributed by atoms with van der Waals surface area (Å²) in [5, 5.41) is 0. The van der Waals surface area contributed by atoms with Crippen LogP contribution in [0, 0.1) is 17.8 Å². The first-order chi connectivity index (χ1) is 14.1. The Bertz CT molecular complexity index is 661. The molecule has 1 rings (SSSR count). The molecule has 0 fully saturated rings. The quantitative estimate of drug-likeness (QED) is 0.337. The zero-order valence-electron chi connectivity index (χ0n) is 19.2. The molecule has 168 valence electrons. The zero-order chi connectivity index (χ0) is 22.7. The summed E-state index contributed by atoms with van der Waals surface area (Å²) in [6.07, 6.45) is 2.09. The van der Waals surface area contributed by atoms with Crippen LogP contribution in [0.25, 0.3) is 0 Å². The van der Waals surface area contributed by atoms with Gasteiger partial charge in [0.15, 0.2) is 0 Å². The summed E-state index contributed by atoms with van der Waals surface area (Å²) < 4.78 is 16.0. The Labute approximate surface area is 180 Å². The molecule has 6 heteroatoms. The van der Waals surface area contributed by atoms with Gasteiger partial charge in [-0.05, 0) is 49.1 Å². The fourth-order valence-corrected chi connectivity index (χ4v) is 2.50. The maximum atomic E-state index is 12.8. The molecule has 0 saturated carbocycles. The highest BCUT2D eigenvalue weighted by Gasteiger charge is 2.27. The van der Waals surface area contributed by atoms with E-state index in [0.29, 0.717) is 37.0 Å². The first kappa shape index (κ1) is 25.7. The van der Waals surface area contributed by atoms with E-state index in [0.717, 1.165) is 0 Å². The van der Waals surface area contributed by atoms with Crippen molar-refractivity contribution >= 4 is 17.9 Å². The number of hydrogen-bond acceptors (Lipinski definition) is 6. The van der Waals surface area contributed by atoms with E-state index in [4.69, 9.17) is 14.2 Å². The van der Waals surface area contributed by atoms with Gasteiger partial charge in [-0.15, -0.1) is 0 Å². The summed E-state index contributed by atoms with van der Waals surface area (Å²) in [5.41, 5.74) is -0.0522. The van der Waals surface area contributed by atoms with Gasteiger partial charge in [0, 0.05) is 0 Å². The minimum Gasteiger partial charge on any atom is -0.462 e. The first-order valence-electron chi connectivity index (χ1n) is 10.8. The minimum absolute atomic E-state index is 0.0200. The monoisotopic (exact) mass is 420 g/mol. The number of benzene rings is 1. The van der Waals surface area contributed by atoms with Gasteiger partial charge in [-0.1, -0.05) is 47.6 Å². The van der Waals surface area contributed by atoms with Crippen LogP contribution >= 0.6 is 0 Å². The van der Waals surface area contributed by atoms with Gasteiger partial charge in [0.1, 0.15) is 0 Å². The highest BCUT2D eigenvalue weighted by atomic mass is 16.5. The molecule has 0 radical (unpaired) electrons. The third-order valence-electron chi connectivity index (χ3n) is 4.49. The Kier molecular flexibility index (Phi) is 11.2. The van der Waals surface area contributed by atoms with E-state index in [1.807, 2.05) is 41.5 Å². The number of carbonyl (C=O) groups is 3. The Hall–Kier alpha value is -2.37. The molecule has 0 bridgehead atoms. The molecule has 6 nitrogen and oxygen atoms in total. The van der Waals surface area contributed by atoms with Crippen LogP contribution in [0.15, 0.2) is 18.2 Å². The van der Waals surface area contributed by atoms with E-state index >= 15 is 0 Å². The normalized spacial score (nSPS) is 11.1. The molecule has 0 aliphatic rings. The average Bonchev–Trinajstić information content (AvgIpc) is 2.66. The van der Waals surface area contributed by atoms with E-state index < -0.39 is 17.9 Å². The SMILES string of the molecule is CC(C)CCOC(=O)c1cccc(C(=O)OCCC(C)C)c1C(=O)OCCC(C)C. The lowest BCUT2D eigenvalue weighted by molar-refractivity contribution is 0.0420. The van der Waals surface area contributed by atoms with Crippen LogP contribution in [0.2, 0.25) is 0 Å². The summed E-state index contributed by atoms with van der Waals surface area (Å²) in [7, 11) is 0. The van der Waals surface area contributed by atoms with Gasteiger partial charge in [0.2, 0.25) is 0 Å². The van der Waals surface area contributed by atoms with E-state index in [1.54, 1.807) is 6.07 Å². The molecular formula is C24H36O6. The van der Waals surface area contributed by atoms with Gasteiger partial charge in [0.25, 0.3) is 0 Å². The molecule has 0 N–H and O–H groups in total. The minimum atomic E-state index is -0.720. The molecule has 30 heavy (non-hydrogen) atoms. The molecule has 0 aliphatic heterocycles. The predicted molar refractivity (Wildman–Crippen MR) is 116 cm³/mol. The second-order valence-electron chi connectivity index (χ2n) is 8.68. The molecule has 0 atom stereocenters. The smallest absolute Gasteiger partial charge is 0.339 e. The second kappa shape index (κ2) is 13.0. The lowest BCUT2D eigenvalue weighted by Gasteiger charge is -2.15.